The Morgan fingerprint density at radius 2 is 2.21 bits per heavy atom. The van der Waals surface area contributed by atoms with Crippen molar-refractivity contribution in [3.63, 3.8) is 0 Å². The lowest BCUT2D eigenvalue weighted by Crippen LogP contribution is -2.36. The van der Waals surface area contributed by atoms with Crippen LogP contribution in [0.3, 0.4) is 0 Å². The lowest BCUT2D eigenvalue weighted by atomic mass is 10.0. The number of pyridine rings is 1. The van der Waals surface area contributed by atoms with Crippen LogP contribution in [0.4, 0.5) is 0 Å². The van der Waals surface area contributed by atoms with E-state index in [1.54, 1.807) is 13.0 Å². The van der Waals surface area contributed by atoms with Crippen LogP contribution in [0.5, 0.6) is 0 Å². The van der Waals surface area contributed by atoms with Crippen LogP contribution in [-0.2, 0) is 0 Å². The number of carbonyl (C=O) groups is 1. The molecule has 1 fully saturated rings. The molecule has 1 N–H and O–H groups in total. The number of hydrogen-bond donors (Lipinski definition) is 1. The maximum Gasteiger partial charge on any atom is 0.254 e. The number of H-pyrrole nitrogens is 1. The Labute approximate surface area is 113 Å². The molecule has 0 bridgehead atoms. The number of rotatable bonds is 3. The molecule has 104 valence electrons. The topological polar surface area (TPSA) is 53.2 Å². The molecule has 19 heavy (non-hydrogen) atoms. The SMILES string of the molecule is Cc1cc(C(=O)N2CCC[C@@H]2CC(C)C)cc(=O)[nH]1. The zero-order chi connectivity index (χ0) is 14.0. The van der Waals surface area contributed by atoms with Crippen molar-refractivity contribution in [2.75, 3.05) is 6.54 Å². The van der Waals surface area contributed by atoms with Crippen LogP contribution >= 0.6 is 0 Å². The number of aryl methyl sites for hydroxylation is 1. The van der Waals surface area contributed by atoms with Crippen LogP contribution in [-0.4, -0.2) is 28.4 Å². The van der Waals surface area contributed by atoms with Gasteiger partial charge in [0, 0.05) is 29.9 Å². The van der Waals surface area contributed by atoms with Crippen molar-refractivity contribution in [3.8, 4) is 0 Å². The van der Waals surface area contributed by atoms with Crippen LogP contribution in [0.1, 0.15) is 49.2 Å². The predicted molar refractivity (Wildman–Crippen MR) is 75.3 cm³/mol. The van der Waals surface area contributed by atoms with Gasteiger partial charge in [-0.15, -0.1) is 0 Å². The van der Waals surface area contributed by atoms with E-state index in [1.165, 1.54) is 6.07 Å². The minimum atomic E-state index is -0.206. The van der Waals surface area contributed by atoms with Gasteiger partial charge >= 0.3 is 0 Å². The van der Waals surface area contributed by atoms with Gasteiger partial charge in [0.25, 0.3) is 5.91 Å². The Bertz CT molecular complexity index is 519. The number of likely N-dealkylation sites (tertiary alicyclic amines) is 1. The first-order valence-electron chi connectivity index (χ1n) is 6.99. The molecular weight excluding hydrogens is 240 g/mol. The summed E-state index contributed by atoms with van der Waals surface area (Å²) in [5, 5.41) is 0. The van der Waals surface area contributed by atoms with Gasteiger partial charge in [0.15, 0.2) is 0 Å². The highest BCUT2D eigenvalue weighted by Crippen LogP contribution is 2.25. The Morgan fingerprint density at radius 3 is 2.84 bits per heavy atom. The van der Waals surface area contributed by atoms with E-state index in [0.717, 1.165) is 31.5 Å². The summed E-state index contributed by atoms with van der Waals surface area (Å²) in [6.45, 7) is 6.96. The summed E-state index contributed by atoms with van der Waals surface area (Å²) in [6.07, 6.45) is 3.17. The van der Waals surface area contributed by atoms with Crippen LogP contribution < -0.4 is 5.56 Å². The largest absolute Gasteiger partial charge is 0.336 e. The molecule has 2 heterocycles. The fraction of sp³-hybridized carbons (Fsp3) is 0.600. The molecular formula is C15H22N2O2. The lowest BCUT2D eigenvalue weighted by molar-refractivity contribution is 0.0721. The van der Waals surface area contributed by atoms with Gasteiger partial charge in [-0.05, 0) is 38.2 Å². The summed E-state index contributed by atoms with van der Waals surface area (Å²) in [5.74, 6) is 0.580. The number of nitrogens with one attached hydrogen (secondary N) is 1. The molecule has 1 amide bonds. The normalized spacial score (nSPS) is 19.2. The first-order valence-corrected chi connectivity index (χ1v) is 6.99. The van der Waals surface area contributed by atoms with Crippen molar-refractivity contribution in [2.24, 2.45) is 5.92 Å². The standard InChI is InChI=1S/C15H22N2O2/c1-10(2)7-13-5-4-6-17(13)15(19)12-8-11(3)16-14(18)9-12/h8-10,13H,4-7H2,1-3H3,(H,16,18)/t13-/m1/s1. The third kappa shape index (κ3) is 3.25. The van der Waals surface area contributed by atoms with E-state index in [4.69, 9.17) is 0 Å². The first kappa shape index (κ1) is 13.8. The van der Waals surface area contributed by atoms with E-state index in [1.807, 2.05) is 4.90 Å². The molecule has 0 saturated carbocycles. The van der Waals surface area contributed by atoms with E-state index >= 15 is 0 Å². The number of aromatic amines is 1. The van der Waals surface area contributed by atoms with E-state index in [-0.39, 0.29) is 11.5 Å². The van der Waals surface area contributed by atoms with Gasteiger partial charge in [-0.2, -0.15) is 0 Å². The van der Waals surface area contributed by atoms with E-state index in [9.17, 15) is 9.59 Å². The molecule has 0 unspecified atom stereocenters. The number of amides is 1. The van der Waals surface area contributed by atoms with Crippen molar-refractivity contribution in [3.05, 3.63) is 33.7 Å². The zero-order valence-corrected chi connectivity index (χ0v) is 11.9. The van der Waals surface area contributed by atoms with Crippen LogP contribution in [0.25, 0.3) is 0 Å². The molecule has 4 nitrogen and oxygen atoms in total. The minimum Gasteiger partial charge on any atom is -0.336 e. The molecule has 1 aliphatic rings. The highest BCUT2D eigenvalue weighted by atomic mass is 16.2. The van der Waals surface area contributed by atoms with Crippen molar-refractivity contribution in [2.45, 2.75) is 46.1 Å². The molecule has 2 rings (SSSR count). The monoisotopic (exact) mass is 262 g/mol. The number of hydrogen-bond acceptors (Lipinski definition) is 2. The molecule has 1 aromatic rings. The van der Waals surface area contributed by atoms with Gasteiger partial charge < -0.3 is 9.88 Å². The highest BCUT2D eigenvalue weighted by molar-refractivity contribution is 5.94. The van der Waals surface area contributed by atoms with Gasteiger partial charge in [-0.1, -0.05) is 13.8 Å². The zero-order valence-electron chi connectivity index (χ0n) is 11.9. The molecule has 1 aliphatic heterocycles. The average Bonchev–Trinajstić information content (AvgIpc) is 2.73. The Balaban J connectivity index is 2.20. The maximum atomic E-state index is 12.5. The van der Waals surface area contributed by atoms with Crippen molar-refractivity contribution < 1.29 is 4.79 Å². The second kappa shape index (κ2) is 5.59. The minimum absolute atomic E-state index is 0.00245. The van der Waals surface area contributed by atoms with Crippen LogP contribution in [0.2, 0.25) is 0 Å². The molecule has 0 radical (unpaired) electrons. The van der Waals surface area contributed by atoms with Crippen molar-refractivity contribution in [1.82, 2.24) is 9.88 Å². The van der Waals surface area contributed by atoms with E-state index < -0.39 is 0 Å². The van der Waals surface area contributed by atoms with E-state index in [2.05, 4.69) is 18.8 Å². The fourth-order valence-corrected chi connectivity index (χ4v) is 2.86. The van der Waals surface area contributed by atoms with Crippen molar-refractivity contribution >= 4 is 5.91 Å². The third-order valence-electron chi connectivity index (χ3n) is 3.61. The lowest BCUT2D eigenvalue weighted by Gasteiger charge is -2.26. The molecule has 1 saturated heterocycles. The summed E-state index contributed by atoms with van der Waals surface area (Å²) in [6, 6.07) is 3.49. The number of aromatic nitrogens is 1. The Kier molecular flexibility index (Phi) is 4.08. The Hall–Kier alpha value is -1.58. The second-order valence-corrected chi connectivity index (χ2v) is 5.84. The first-order chi connectivity index (χ1) is 8.97. The fourth-order valence-electron chi connectivity index (χ4n) is 2.86. The summed E-state index contributed by atoms with van der Waals surface area (Å²) in [4.78, 5) is 28.6. The molecule has 4 heteroatoms. The summed E-state index contributed by atoms with van der Waals surface area (Å²) in [7, 11) is 0. The molecule has 0 spiro atoms. The summed E-state index contributed by atoms with van der Waals surface area (Å²) >= 11 is 0. The van der Waals surface area contributed by atoms with Gasteiger partial charge in [0.1, 0.15) is 0 Å². The highest BCUT2D eigenvalue weighted by Gasteiger charge is 2.29. The quantitative estimate of drug-likeness (QED) is 0.909. The predicted octanol–water partition coefficient (Wildman–Crippen LogP) is 2.33. The van der Waals surface area contributed by atoms with Gasteiger partial charge in [0.2, 0.25) is 5.56 Å². The van der Waals surface area contributed by atoms with Crippen LogP contribution in [0, 0.1) is 12.8 Å². The van der Waals surface area contributed by atoms with Gasteiger partial charge in [-0.25, -0.2) is 0 Å². The molecule has 1 aromatic heterocycles. The maximum absolute atomic E-state index is 12.5. The average molecular weight is 262 g/mol. The Morgan fingerprint density at radius 1 is 1.47 bits per heavy atom. The number of nitrogens with zero attached hydrogens (tertiary/aromatic N) is 1. The number of carbonyl (C=O) groups excluding carboxylic acids is 1. The molecule has 0 aromatic carbocycles. The summed E-state index contributed by atoms with van der Waals surface area (Å²) in [5.41, 5.74) is 1.04. The van der Waals surface area contributed by atoms with Crippen LogP contribution in [0.15, 0.2) is 16.9 Å². The third-order valence-corrected chi connectivity index (χ3v) is 3.61. The van der Waals surface area contributed by atoms with E-state index in [0.29, 0.717) is 17.5 Å². The van der Waals surface area contributed by atoms with Gasteiger partial charge in [0.05, 0.1) is 0 Å². The summed E-state index contributed by atoms with van der Waals surface area (Å²) < 4.78 is 0. The molecule has 1 atom stereocenters. The molecule has 0 aliphatic carbocycles. The van der Waals surface area contributed by atoms with Gasteiger partial charge in [-0.3, -0.25) is 9.59 Å². The second-order valence-electron chi connectivity index (χ2n) is 5.84. The smallest absolute Gasteiger partial charge is 0.254 e. The van der Waals surface area contributed by atoms with Crippen molar-refractivity contribution in [1.29, 1.82) is 0 Å².